The van der Waals surface area contributed by atoms with Crippen LogP contribution in [0.3, 0.4) is 0 Å². The molecule has 0 aliphatic carbocycles. The molecule has 0 saturated carbocycles. The highest BCUT2D eigenvalue weighted by molar-refractivity contribution is 8.46. The molecule has 17 rings (SSSR count). The molecule has 0 amide bonds. The number of hydrogen-bond acceptors (Lipinski definition) is 50. The molecule has 17 heterocycles. The van der Waals surface area contributed by atoms with E-state index < -0.39 is 262 Å². The Bertz CT molecular complexity index is 7460. The van der Waals surface area contributed by atoms with Crippen molar-refractivity contribution in [2.24, 2.45) is 0 Å². The number of thiol groups is 7. The first-order valence-electron chi connectivity index (χ1n) is 43.9. The van der Waals surface area contributed by atoms with Crippen molar-refractivity contribution in [2.75, 3.05) is 75.4 Å². The van der Waals surface area contributed by atoms with E-state index in [1.807, 2.05) is 0 Å². The Morgan fingerprint density at radius 2 is 0.596 bits per heavy atom. The third-order valence-corrected chi connectivity index (χ3v) is 35.8. The molecule has 0 radical (unpaired) electrons. The summed E-state index contributed by atoms with van der Waals surface area (Å²) in [7, 11) is 1.06. The number of fused-ring (bicyclic) bond motifs is 3. The molecule has 796 valence electrons. The van der Waals surface area contributed by atoms with Gasteiger partial charge in [-0.05, 0) is 34.1 Å². The summed E-state index contributed by atoms with van der Waals surface area (Å²) in [5, 5.41) is 0. The normalized spacial score (nSPS) is 29.5. The lowest BCUT2D eigenvalue weighted by molar-refractivity contribution is -0.0534. The van der Waals surface area contributed by atoms with Crippen LogP contribution in [0.1, 0.15) is 124 Å². The van der Waals surface area contributed by atoms with E-state index in [-0.39, 0.29) is 112 Å². The molecule has 28 atom stereocenters. The third-order valence-electron chi connectivity index (χ3n) is 24.2. The number of ether oxygens (including phenoxy) is 7. The van der Waals surface area contributed by atoms with Crippen molar-refractivity contribution in [1.29, 1.82) is 0 Å². The van der Waals surface area contributed by atoms with E-state index in [1.165, 1.54) is 78.2 Å². The maximum Gasteiger partial charge on any atom is 0.386 e. The number of aryl methyl sites for hydroxylation is 4. The molecule has 0 bridgehead atoms. The van der Waals surface area contributed by atoms with Crippen molar-refractivity contribution < 1.29 is 128 Å². The van der Waals surface area contributed by atoms with Crippen LogP contribution in [0.25, 0.3) is 33.5 Å². The zero-order valence-corrected chi connectivity index (χ0v) is 89.3. The molecule has 0 spiro atoms. The largest absolute Gasteiger partial charge is 0.386 e. The van der Waals surface area contributed by atoms with Crippen LogP contribution in [0.2, 0.25) is 0 Å². The predicted octanol–water partition coefficient (Wildman–Crippen LogP) is 6.69. The monoisotopic (exact) mass is 2310 g/mol. The average molecular weight is 2310 g/mol. The molecule has 7 fully saturated rings. The number of nitrogen functional groups attached to an aromatic ring is 5. The van der Waals surface area contributed by atoms with Crippen molar-refractivity contribution >= 4 is 196 Å². The Hall–Kier alpha value is -7.21. The van der Waals surface area contributed by atoms with Gasteiger partial charge in [-0.15, -0.1) is 0 Å². The maximum absolute atomic E-state index is 15.1. The minimum absolute atomic E-state index is 0.0163. The number of nitrogens with zero attached hydrogens (tertiary/aromatic N) is 17. The van der Waals surface area contributed by atoms with Crippen molar-refractivity contribution in [1.82, 2.24) is 96.8 Å². The van der Waals surface area contributed by atoms with E-state index in [2.05, 4.69) is 151 Å². The van der Waals surface area contributed by atoms with Crippen LogP contribution in [0.15, 0.2) is 90.0 Å². The summed E-state index contributed by atoms with van der Waals surface area (Å²) in [6.45, 7) is -29.6. The fraction of sp³-hybridized carbons (Fsp3) is 0.569. The van der Waals surface area contributed by atoms with Gasteiger partial charge in [0, 0.05) is 99.1 Å². The lowest BCUT2D eigenvalue weighted by Crippen LogP contribution is -2.33. The smallest absolute Gasteiger partial charge is 0.383 e. The lowest BCUT2D eigenvalue weighted by Gasteiger charge is -2.27. The average Bonchev–Trinajstić information content (AvgIpc) is 1.62. The molecule has 146 heavy (non-hydrogen) atoms. The lowest BCUT2D eigenvalue weighted by atomic mass is 10.1. The molecule has 13 N–H and O–H groups in total. The number of hydrogen-bond donors (Lipinski definition) is 15. The number of H-pyrrole nitrogens is 3. The van der Waals surface area contributed by atoms with Gasteiger partial charge in [-0.25, -0.2) is 86.0 Å². The van der Waals surface area contributed by atoms with E-state index >= 15 is 9.13 Å². The van der Waals surface area contributed by atoms with Gasteiger partial charge in [-0.3, -0.25) is 120 Å². The SMILES string of the molecule is CC[C@H]1O[C@@H](n2cnc3c(=O)[nH]c(N)nc32)C[C@H]1OP(=O)(S)OC[C@H]1O[C@@H](n2cc(C)c(=O)[nH]c2=O)C[C@H]1OP(=O)(S)OC[C@H]1O[C@@H](n2cnc3c(N)ncnc32)C[C@H]1OP(=O)(S)OC[C@H]1O[C@@H](n2cnc3c(N)ncnc32)C[C@H]1OP(=O)(S)OC[C@H]1O[C@@H](n2cc(C)c(N)nc2=O)C[C@H]1OP(=O)(S)OC[C@H]1O[C@@H](n2cc(C)c(N)nc2=O)C[C@H]1OP(=O)(S)OC[C@H]1O[C@@H](n2cc(C)c(=O)[nH]c2=O)C[C@H]1OP(=O)(S)OC. The van der Waals surface area contributed by atoms with Crippen LogP contribution < -0.4 is 68.1 Å². The molecule has 7 saturated heterocycles. The number of rotatable bonds is 41. The molecule has 7 unspecified atom stereocenters. The quantitative estimate of drug-likeness (QED) is 0.0140. The zero-order chi connectivity index (χ0) is 105. The van der Waals surface area contributed by atoms with Gasteiger partial charge in [0.2, 0.25) is 5.95 Å². The highest BCUT2D eigenvalue weighted by Gasteiger charge is 2.53. The summed E-state index contributed by atoms with van der Waals surface area (Å²) in [4.78, 5) is 139. The topological polar surface area (TPSA) is 774 Å². The molecule has 60 nitrogen and oxygen atoms in total. The second kappa shape index (κ2) is 44.1. The van der Waals surface area contributed by atoms with Crippen LogP contribution in [0.5, 0.6) is 0 Å². The highest BCUT2D eigenvalue weighted by atomic mass is 32.7. The van der Waals surface area contributed by atoms with E-state index in [0.29, 0.717) is 17.5 Å². The number of aromatic nitrogens is 20. The van der Waals surface area contributed by atoms with Gasteiger partial charge in [-0.2, -0.15) is 15.0 Å². The number of imidazole rings is 3. The first-order valence-corrected chi connectivity index (χ1v) is 62.7. The first kappa shape index (κ1) is 110. The van der Waals surface area contributed by atoms with Gasteiger partial charge < -0.3 is 66.4 Å². The van der Waals surface area contributed by atoms with E-state index in [4.69, 9.17) is 125 Å². The van der Waals surface area contributed by atoms with Gasteiger partial charge in [0.25, 0.3) is 16.7 Å². The Kier molecular flexibility index (Phi) is 33.2. The number of aromatic amines is 3. The third kappa shape index (κ3) is 25.3. The van der Waals surface area contributed by atoms with Gasteiger partial charge in [0.1, 0.15) is 152 Å². The molecule has 7 aliphatic heterocycles. The zero-order valence-electron chi connectivity index (χ0n) is 76.8. The Morgan fingerprint density at radius 1 is 0.329 bits per heavy atom. The number of anilines is 5. The highest BCUT2D eigenvalue weighted by Crippen LogP contribution is 2.65. The molecule has 10 aromatic heterocycles. The van der Waals surface area contributed by atoms with E-state index in [0.717, 1.165) is 38.0 Å². The predicted molar refractivity (Wildman–Crippen MR) is 532 cm³/mol. The van der Waals surface area contributed by atoms with Crippen LogP contribution in [-0.4, -0.2) is 229 Å². The summed E-state index contributed by atoms with van der Waals surface area (Å²) in [5.74, 6) is -0.482. The summed E-state index contributed by atoms with van der Waals surface area (Å²) in [6, 6.07) is 0. The molecule has 0 aromatic carbocycles. The summed E-state index contributed by atoms with van der Waals surface area (Å²) in [6.07, 6.45) is -17.6. The van der Waals surface area contributed by atoms with Crippen LogP contribution >= 0.6 is 133 Å². The van der Waals surface area contributed by atoms with Gasteiger partial charge in [0.15, 0.2) is 34.1 Å². The van der Waals surface area contributed by atoms with Crippen LogP contribution in [0.4, 0.5) is 29.2 Å². The summed E-state index contributed by atoms with van der Waals surface area (Å²) in [5.41, 5.74) is 26.1. The molecule has 74 heteroatoms. The van der Waals surface area contributed by atoms with Crippen molar-refractivity contribution in [3.63, 3.8) is 0 Å². The fourth-order valence-corrected chi connectivity index (χ4v) is 27.2. The minimum atomic E-state index is -4.88. The number of nitrogens with two attached hydrogens (primary N) is 5. The van der Waals surface area contributed by atoms with E-state index in [9.17, 15) is 56.4 Å². The van der Waals surface area contributed by atoms with E-state index in [1.54, 1.807) is 13.8 Å². The Morgan fingerprint density at radius 3 is 0.904 bits per heavy atom. The molecular weight excluding hydrogens is 2220 g/mol. The van der Waals surface area contributed by atoms with Crippen molar-refractivity contribution in [3.05, 3.63) is 152 Å². The second-order valence-corrected chi connectivity index (χ2v) is 54.3. The van der Waals surface area contributed by atoms with Crippen molar-refractivity contribution in [3.8, 4) is 0 Å². The van der Waals surface area contributed by atoms with Gasteiger partial charge >= 0.3 is 70.3 Å². The standard InChI is InChI=1S/C72H96N25O35P7S7/c1-7-34-35(8-54(119-34)97-29-84-57-64(97)87-68(77)88-67(57)100)127-134(106,141)113-20-45-39(12-51(123-45)94-18-33(5)66(99)90-72(94)104)130-137(109,144)117-23-46-41(14-53(124-46)96-28-83-56-61(76)79-26-81-63(56)96)132-139(111,146)118-24-47-40(13-52(125-47)95-27-82-55-60(75)78-25-80-62(55)95)131-138(110,145)116-22-44-38(11-49(122-44)92-16-31(3)59(74)86-70(92)102)129-136(108,143)115-21-43-37(10-48(121-43)91-15-30(2)58(73)85-69(91)101)128-135(107,142)114-19-42-36(126-133(105,140)112-6)9-50(120-42)93-17-32(4)65(98)89-71(93)103/h15-18,25-29,34-54H,7-14,19-24H2,1-6H3,(H,105,140)(H,106,141)(H,107,142)(H,108,143)(H,109,144)(H,110,145)(H,111,146)(H2,73,85,101)(H2,74,86,102)(H2,75,78,80)(H2,76,79,81)(H,89,98,103)(H,90,99,104)(H3,77,87,88,100)/t34-,35-,36-,37-,38-,39-,40-,41-,42-,43-,44-,45-,46-,47-,48-,49-,50-,51-,52-,53-,54-,133?,134?,135?,136?,137?,138?,139?/m1/s1. The van der Waals surface area contributed by atoms with Crippen LogP contribution in [0, 0.1) is 27.7 Å². The summed E-state index contributed by atoms with van der Waals surface area (Å²) < 4.78 is 238. The van der Waals surface area contributed by atoms with Crippen molar-refractivity contribution in [2.45, 2.75) is 215 Å². The molecular formula is C72H96N25O35P7S7. The van der Waals surface area contributed by atoms with Gasteiger partial charge in [-0.1, -0.05) is 92.7 Å². The Balaban J connectivity index is 0.582. The Labute approximate surface area is 857 Å². The molecule has 7 aliphatic rings. The summed E-state index contributed by atoms with van der Waals surface area (Å²) >= 11 is 30.1. The molecule has 10 aromatic rings. The fourth-order valence-electron chi connectivity index (χ4n) is 17.1. The maximum atomic E-state index is 15.1. The minimum Gasteiger partial charge on any atom is -0.383 e. The number of nitrogens with one attached hydrogen (secondary N) is 3. The second-order valence-electron chi connectivity index (χ2n) is 34.1. The van der Waals surface area contributed by atoms with Crippen LogP contribution in [-0.2, 0) is 128 Å². The first-order chi connectivity index (χ1) is 68.8. The van der Waals surface area contributed by atoms with Gasteiger partial charge in [0.05, 0.1) is 70.8 Å².